The summed E-state index contributed by atoms with van der Waals surface area (Å²) < 4.78 is 5.84. The van der Waals surface area contributed by atoms with Gasteiger partial charge in [-0.1, -0.05) is 58.7 Å². The summed E-state index contributed by atoms with van der Waals surface area (Å²) in [5.74, 6) is -2.09. The molecule has 9 nitrogen and oxygen atoms in total. The first-order chi connectivity index (χ1) is 17.5. The van der Waals surface area contributed by atoms with Gasteiger partial charge in [0.15, 0.2) is 0 Å². The molecule has 0 aliphatic carbocycles. The molecule has 1 aromatic rings. The molecule has 1 heterocycles. The lowest BCUT2D eigenvalue weighted by Gasteiger charge is -2.27. The van der Waals surface area contributed by atoms with Crippen LogP contribution in [-0.4, -0.2) is 47.9 Å². The van der Waals surface area contributed by atoms with Crippen LogP contribution in [0.3, 0.4) is 0 Å². The molecule has 0 spiro atoms. The number of ether oxygens (including phenoxy) is 1. The summed E-state index contributed by atoms with van der Waals surface area (Å²) >= 11 is 0. The SMILES string of the molecule is CCCC[C@H](C)[C@@H]1CC(=O)N[C@H](Cc2ccccc2C#N)C(=O)N[C@@H](C)C(=O)N[C@H](CC(C)C)C(=O)O1. The smallest absolute Gasteiger partial charge is 0.328 e. The van der Waals surface area contributed by atoms with Gasteiger partial charge in [0.2, 0.25) is 17.7 Å². The molecule has 1 aromatic carbocycles. The highest BCUT2D eigenvalue weighted by molar-refractivity contribution is 5.94. The Morgan fingerprint density at radius 2 is 1.73 bits per heavy atom. The summed E-state index contributed by atoms with van der Waals surface area (Å²) in [6.45, 7) is 9.38. The minimum atomic E-state index is -1.02. The normalized spacial score (nSPS) is 24.4. The zero-order valence-corrected chi connectivity index (χ0v) is 22.5. The maximum atomic E-state index is 13.2. The van der Waals surface area contributed by atoms with Crippen LogP contribution in [0.4, 0.5) is 0 Å². The molecule has 1 fully saturated rings. The molecule has 1 saturated heterocycles. The fourth-order valence-corrected chi connectivity index (χ4v) is 4.34. The predicted octanol–water partition coefficient (Wildman–Crippen LogP) is 2.76. The molecule has 0 radical (unpaired) electrons. The second-order valence-corrected chi connectivity index (χ2v) is 10.3. The summed E-state index contributed by atoms with van der Waals surface area (Å²) in [7, 11) is 0. The molecule has 2 rings (SSSR count). The Hall–Kier alpha value is -3.41. The molecule has 3 amide bonds. The Bertz CT molecular complexity index is 1000. The molecule has 202 valence electrons. The van der Waals surface area contributed by atoms with Crippen molar-refractivity contribution in [3.8, 4) is 6.07 Å². The number of benzene rings is 1. The molecule has 1 aliphatic rings. The fourth-order valence-electron chi connectivity index (χ4n) is 4.34. The van der Waals surface area contributed by atoms with Crippen LogP contribution in [0, 0.1) is 23.2 Å². The van der Waals surface area contributed by atoms with Crippen molar-refractivity contribution in [2.24, 2.45) is 11.8 Å². The van der Waals surface area contributed by atoms with E-state index in [1.165, 1.54) is 6.92 Å². The highest BCUT2D eigenvalue weighted by Crippen LogP contribution is 2.21. The number of hydrogen-bond donors (Lipinski definition) is 3. The van der Waals surface area contributed by atoms with E-state index in [1.54, 1.807) is 24.3 Å². The van der Waals surface area contributed by atoms with Crippen LogP contribution in [-0.2, 0) is 30.3 Å². The number of rotatable bonds is 8. The minimum absolute atomic E-state index is 0.0709. The topological polar surface area (TPSA) is 137 Å². The average Bonchev–Trinajstić information content (AvgIpc) is 2.85. The van der Waals surface area contributed by atoms with Crippen LogP contribution in [0.2, 0.25) is 0 Å². The summed E-state index contributed by atoms with van der Waals surface area (Å²) in [5.41, 5.74) is 0.998. The van der Waals surface area contributed by atoms with Gasteiger partial charge in [-0.15, -0.1) is 0 Å². The predicted molar refractivity (Wildman–Crippen MR) is 139 cm³/mol. The van der Waals surface area contributed by atoms with E-state index in [-0.39, 0.29) is 24.7 Å². The molecule has 0 saturated carbocycles. The summed E-state index contributed by atoms with van der Waals surface area (Å²) in [4.78, 5) is 52.4. The summed E-state index contributed by atoms with van der Waals surface area (Å²) in [6.07, 6.45) is 2.25. The van der Waals surface area contributed by atoms with Gasteiger partial charge in [-0.3, -0.25) is 14.4 Å². The van der Waals surface area contributed by atoms with Crippen molar-refractivity contribution in [2.75, 3.05) is 0 Å². The fraction of sp³-hybridized carbons (Fsp3) is 0.607. The van der Waals surface area contributed by atoms with E-state index in [0.29, 0.717) is 17.5 Å². The van der Waals surface area contributed by atoms with Gasteiger partial charge in [-0.25, -0.2) is 4.79 Å². The van der Waals surface area contributed by atoms with Crippen LogP contribution in [0.5, 0.6) is 0 Å². The Morgan fingerprint density at radius 3 is 2.38 bits per heavy atom. The van der Waals surface area contributed by atoms with Crippen molar-refractivity contribution in [1.29, 1.82) is 5.26 Å². The van der Waals surface area contributed by atoms with Gasteiger partial charge >= 0.3 is 5.97 Å². The van der Waals surface area contributed by atoms with Gasteiger partial charge in [0.1, 0.15) is 24.2 Å². The van der Waals surface area contributed by atoms with Gasteiger partial charge in [-0.2, -0.15) is 5.26 Å². The average molecular weight is 513 g/mol. The lowest BCUT2D eigenvalue weighted by Crippen LogP contribution is -2.55. The van der Waals surface area contributed by atoms with E-state index in [0.717, 1.165) is 19.3 Å². The first kappa shape index (κ1) is 29.8. The monoisotopic (exact) mass is 512 g/mol. The summed E-state index contributed by atoms with van der Waals surface area (Å²) in [6, 6.07) is 6.08. The van der Waals surface area contributed by atoms with Crippen LogP contribution >= 0.6 is 0 Å². The number of carbonyl (C=O) groups excluding carboxylic acids is 4. The first-order valence-corrected chi connectivity index (χ1v) is 13.1. The number of amides is 3. The molecule has 0 unspecified atom stereocenters. The van der Waals surface area contributed by atoms with Crippen LogP contribution in [0.25, 0.3) is 0 Å². The van der Waals surface area contributed by atoms with E-state index < -0.39 is 47.9 Å². The van der Waals surface area contributed by atoms with Crippen molar-refractivity contribution in [3.05, 3.63) is 35.4 Å². The first-order valence-electron chi connectivity index (χ1n) is 13.1. The Kier molecular flexibility index (Phi) is 11.6. The maximum absolute atomic E-state index is 13.2. The van der Waals surface area contributed by atoms with E-state index in [4.69, 9.17) is 4.74 Å². The standard InChI is InChI=1S/C28H40N4O5/c1-6-7-10-18(4)24-15-25(33)31-22(14-20-11-8-9-12-21(20)16-29)27(35)30-19(5)26(34)32-23(13-17(2)3)28(36)37-24/h8-9,11-12,17-19,22-24H,6-7,10,13-15H2,1-5H3,(H,30,35)(H,31,33)(H,32,34)/t18-,19-,22+,23+,24-/m0/s1. The zero-order valence-electron chi connectivity index (χ0n) is 22.5. The molecule has 0 aromatic heterocycles. The second-order valence-electron chi connectivity index (χ2n) is 10.3. The number of carbonyl (C=O) groups is 4. The van der Waals surface area contributed by atoms with Gasteiger partial charge in [0.25, 0.3) is 0 Å². The lowest BCUT2D eigenvalue weighted by molar-refractivity contribution is -0.157. The van der Waals surface area contributed by atoms with Crippen LogP contribution in [0.1, 0.15) is 77.8 Å². The van der Waals surface area contributed by atoms with Crippen LogP contribution in [0.15, 0.2) is 24.3 Å². The van der Waals surface area contributed by atoms with Gasteiger partial charge in [0.05, 0.1) is 18.1 Å². The third-order valence-corrected chi connectivity index (χ3v) is 6.58. The number of nitrogens with zero attached hydrogens (tertiary/aromatic N) is 1. The van der Waals surface area contributed by atoms with Crippen molar-refractivity contribution < 1.29 is 23.9 Å². The van der Waals surface area contributed by atoms with Gasteiger partial charge in [0, 0.05) is 6.42 Å². The molecule has 9 heteroatoms. The van der Waals surface area contributed by atoms with Gasteiger partial charge < -0.3 is 20.7 Å². The number of nitriles is 1. The summed E-state index contributed by atoms with van der Waals surface area (Å²) in [5, 5.41) is 17.6. The molecule has 5 atom stereocenters. The zero-order chi connectivity index (χ0) is 27.5. The van der Waals surface area contributed by atoms with Crippen LogP contribution < -0.4 is 16.0 Å². The molecule has 0 bridgehead atoms. The molecule has 3 N–H and O–H groups in total. The third kappa shape index (κ3) is 9.19. The second kappa shape index (κ2) is 14.4. The Balaban J connectivity index is 2.41. The maximum Gasteiger partial charge on any atom is 0.328 e. The quantitative estimate of drug-likeness (QED) is 0.458. The molecular formula is C28H40N4O5. The van der Waals surface area contributed by atoms with Crippen molar-refractivity contribution in [2.45, 2.75) is 97.4 Å². The van der Waals surface area contributed by atoms with Crippen molar-refractivity contribution in [3.63, 3.8) is 0 Å². The Morgan fingerprint density at radius 1 is 1.03 bits per heavy atom. The number of esters is 1. The highest BCUT2D eigenvalue weighted by Gasteiger charge is 2.34. The van der Waals surface area contributed by atoms with Gasteiger partial charge in [-0.05, 0) is 43.2 Å². The molecular weight excluding hydrogens is 472 g/mol. The minimum Gasteiger partial charge on any atom is -0.460 e. The number of nitrogens with one attached hydrogen (secondary N) is 3. The highest BCUT2D eigenvalue weighted by atomic mass is 16.5. The van der Waals surface area contributed by atoms with E-state index in [9.17, 15) is 24.4 Å². The molecule has 1 aliphatic heterocycles. The lowest BCUT2D eigenvalue weighted by atomic mass is 9.94. The van der Waals surface area contributed by atoms with Crippen molar-refractivity contribution >= 4 is 23.7 Å². The van der Waals surface area contributed by atoms with E-state index in [2.05, 4.69) is 28.9 Å². The molecule has 37 heavy (non-hydrogen) atoms. The van der Waals surface area contributed by atoms with E-state index in [1.807, 2.05) is 20.8 Å². The largest absolute Gasteiger partial charge is 0.460 e. The number of unbranched alkanes of at least 4 members (excludes halogenated alkanes) is 1. The van der Waals surface area contributed by atoms with Crippen molar-refractivity contribution in [1.82, 2.24) is 16.0 Å². The Labute approximate surface area is 219 Å². The number of hydrogen-bond acceptors (Lipinski definition) is 6. The third-order valence-electron chi connectivity index (χ3n) is 6.58. The van der Waals surface area contributed by atoms with E-state index >= 15 is 0 Å². The number of cyclic esters (lactones) is 1.